The average Bonchev–Trinajstić information content (AvgIpc) is 3.39. The van der Waals surface area contributed by atoms with Gasteiger partial charge in [0.05, 0.1) is 13.2 Å². The van der Waals surface area contributed by atoms with Crippen molar-refractivity contribution in [1.29, 1.82) is 0 Å². The fourth-order valence-electron chi connectivity index (χ4n) is 3.04. The normalized spacial score (nSPS) is 16.2. The van der Waals surface area contributed by atoms with Crippen molar-refractivity contribution in [3.63, 3.8) is 0 Å². The van der Waals surface area contributed by atoms with Crippen molar-refractivity contribution in [3.05, 3.63) is 42.2 Å². The first-order chi connectivity index (χ1) is 13.2. The van der Waals surface area contributed by atoms with Gasteiger partial charge in [0.2, 0.25) is 5.13 Å². The van der Waals surface area contributed by atoms with Crippen molar-refractivity contribution >= 4 is 35.0 Å². The molecule has 2 N–H and O–H groups in total. The van der Waals surface area contributed by atoms with E-state index < -0.39 is 0 Å². The minimum atomic E-state index is -0.286. The number of ether oxygens (including phenoxy) is 1. The molecule has 1 saturated heterocycles. The zero-order valence-electron chi connectivity index (χ0n) is 15.3. The number of nitrogens with one attached hydrogen (secondary N) is 2. The standard InChI is InChI=1S/C18H20N6O2S.ClH/c1-26-14-6-2-4-12(10-14)16-20-18(27-23-16)21-17(25)15-7-9-24(22-15)13-5-3-8-19-11-13;/h2,4,6-7,9-10,13,19H,3,5,8,11H2,1H3,(H,20,21,23,25);1H. The number of halogens is 1. The minimum absolute atomic E-state index is 0. The monoisotopic (exact) mass is 420 g/mol. The predicted octanol–water partition coefficient (Wildman–Crippen LogP) is 3.01. The van der Waals surface area contributed by atoms with E-state index in [2.05, 4.69) is 25.1 Å². The van der Waals surface area contributed by atoms with Gasteiger partial charge in [0, 0.05) is 29.8 Å². The van der Waals surface area contributed by atoms with Crippen LogP contribution >= 0.6 is 23.9 Å². The molecule has 148 valence electrons. The molecule has 1 fully saturated rings. The van der Waals surface area contributed by atoms with E-state index >= 15 is 0 Å². The van der Waals surface area contributed by atoms with E-state index in [0.717, 1.165) is 48.8 Å². The lowest BCUT2D eigenvalue weighted by Gasteiger charge is -2.22. The van der Waals surface area contributed by atoms with E-state index in [9.17, 15) is 4.79 Å². The predicted molar refractivity (Wildman–Crippen MR) is 110 cm³/mol. The second-order valence-corrected chi connectivity index (χ2v) is 7.04. The summed E-state index contributed by atoms with van der Waals surface area (Å²) in [5.74, 6) is 0.995. The van der Waals surface area contributed by atoms with Gasteiger partial charge in [-0.2, -0.15) is 14.5 Å². The summed E-state index contributed by atoms with van der Waals surface area (Å²) in [7, 11) is 1.61. The zero-order valence-corrected chi connectivity index (χ0v) is 16.9. The fourth-order valence-corrected chi connectivity index (χ4v) is 3.62. The Morgan fingerprint density at radius 2 is 2.29 bits per heavy atom. The molecule has 10 heteroatoms. The van der Waals surface area contributed by atoms with E-state index in [-0.39, 0.29) is 18.3 Å². The Morgan fingerprint density at radius 3 is 3.07 bits per heavy atom. The number of methoxy groups -OCH3 is 1. The molecule has 0 radical (unpaired) electrons. The van der Waals surface area contributed by atoms with Crippen LogP contribution in [0.2, 0.25) is 0 Å². The lowest BCUT2D eigenvalue weighted by Crippen LogP contribution is -2.32. The summed E-state index contributed by atoms with van der Waals surface area (Å²) in [6.07, 6.45) is 4.04. The molecule has 0 bridgehead atoms. The molecule has 1 aliphatic rings. The van der Waals surface area contributed by atoms with Gasteiger partial charge in [-0.3, -0.25) is 14.8 Å². The van der Waals surface area contributed by atoms with Gasteiger partial charge >= 0.3 is 0 Å². The van der Waals surface area contributed by atoms with Crippen molar-refractivity contribution in [1.82, 2.24) is 24.5 Å². The molecule has 2 aromatic heterocycles. The number of piperidine rings is 1. The highest BCUT2D eigenvalue weighted by Crippen LogP contribution is 2.24. The third-order valence-electron chi connectivity index (χ3n) is 4.46. The second-order valence-electron chi connectivity index (χ2n) is 6.29. The molecule has 0 aliphatic carbocycles. The first-order valence-corrected chi connectivity index (χ1v) is 9.55. The number of carbonyl (C=O) groups excluding carboxylic acids is 1. The summed E-state index contributed by atoms with van der Waals surface area (Å²) in [6.45, 7) is 1.92. The van der Waals surface area contributed by atoms with Crippen LogP contribution in [-0.4, -0.2) is 45.2 Å². The van der Waals surface area contributed by atoms with Gasteiger partial charge in [-0.25, -0.2) is 0 Å². The maximum absolute atomic E-state index is 12.5. The molecule has 1 aliphatic heterocycles. The van der Waals surface area contributed by atoms with Crippen LogP contribution in [0.5, 0.6) is 5.75 Å². The van der Waals surface area contributed by atoms with Crippen LogP contribution in [0.15, 0.2) is 36.5 Å². The van der Waals surface area contributed by atoms with Gasteiger partial charge in [-0.15, -0.1) is 12.4 Å². The Morgan fingerprint density at radius 1 is 1.39 bits per heavy atom. The number of rotatable bonds is 5. The third kappa shape index (κ3) is 4.49. The molecule has 1 amide bonds. The molecule has 0 saturated carbocycles. The maximum atomic E-state index is 12.5. The number of anilines is 1. The number of nitrogens with zero attached hydrogens (tertiary/aromatic N) is 4. The van der Waals surface area contributed by atoms with Gasteiger partial charge in [0.15, 0.2) is 11.5 Å². The number of aromatic nitrogens is 4. The first-order valence-electron chi connectivity index (χ1n) is 8.78. The summed E-state index contributed by atoms with van der Waals surface area (Å²) in [5.41, 5.74) is 1.21. The van der Waals surface area contributed by atoms with Crippen LogP contribution in [0.1, 0.15) is 29.4 Å². The fraction of sp³-hybridized carbons (Fsp3) is 0.333. The van der Waals surface area contributed by atoms with E-state index in [1.165, 1.54) is 0 Å². The van der Waals surface area contributed by atoms with Crippen LogP contribution < -0.4 is 15.4 Å². The Bertz CT molecular complexity index is 938. The van der Waals surface area contributed by atoms with Crippen LogP contribution in [0.4, 0.5) is 5.13 Å². The highest BCUT2D eigenvalue weighted by molar-refractivity contribution is 7.10. The van der Waals surface area contributed by atoms with Gasteiger partial charge in [0.25, 0.3) is 5.91 Å². The summed E-state index contributed by atoms with van der Waals surface area (Å²) in [4.78, 5) is 16.9. The number of benzene rings is 1. The van der Waals surface area contributed by atoms with Crippen molar-refractivity contribution in [2.45, 2.75) is 18.9 Å². The van der Waals surface area contributed by atoms with E-state index in [0.29, 0.717) is 22.7 Å². The van der Waals surface area contributed by atoms with Gasteiger partial charge in [-0.1, -0.05) is 12.1 Å². The molecule has 1 aromatic carbocycles. The summed E-state index contributed by atoms with van der Waals surface area (Å²) < 4.78 is 11.4. The number of hydrogen-bond acceptors (Lipinski definition) is 7. The molecule has 8 nitrogen and oxygen atoms in total. The lowest BCUT2D eigenvalue weighted by atomic mass is 10.1. The average molecular weight is 421 g/mol. The van der Waals surface area contributed by atoms with Gasteiger partial charge in [-0.05, 0) is 37.6 Å². The minimum Gasteiger partial charge on any atom is -0.497 e. The Labute approximate surface area is 172 Å². The smallest absolute Gasteiger partial charge is 0.277 e. The SMILES string of the molecule is COc1cccc(-c2nsc(NC(=O)c3ccn(C4CCCNC4)n3)n2)c1.Cl. The number of hydrogen-bond donors (Lipinski definition) is 2. The molecule has 28 heavy (non-hydrogen) atoms. The topological polar surface area (TPSA) is 94.0 Å². The molecule has 4 rings (SSSR count). The summed E-state index contributed by atoms with van der Waals surface area (Å²) in [5, 5.41) is 11.0. The zero-order chi connectivity index (χ0) is 18.6. The highest BCUT2D eigenvalue weighted by atomic mass is 35.5. The van der Waals surface area contributed by atoms with Crippen molar-refractivity contribution < 1.29 is 9.53 Å². The molecular weight excluding hydrogens is 400 g/mol. The summed E-state index contributed by atoms with van der Waals surface area (Å²) >= 11 is 1.14. The van der Waals surface area contributed by atoms with Crippen molar-refractivity contribution in [2.75, 3.05) is 25.5 Å². The lowest BCUT2D eigenvalue weighted by molar-refractivity contribution is 0.102. The van der Waals surface area contributed by atoms with Crippen LogP contribution in [-0.2, 0) is 0 Å². The number of carbonyl (C=O) groups is 1. The van der Waals surface area contributed by atoms with Crippen molar-refractivity contribution in [2.24, 2.45) is 0 Å². The molecule has 3 aromatic rings. The van der Waals surface area contributed by atoms with E-state index in [1.807, 2.05) is 35.1 Å². The molecule has 0 spiro atoms. The largest absolute Gasteiger partial charge is 0.497 e. The molecule has 3 heterocycles. The summed E-state index contributed by atoms with van der Waals surface area (Å²) in [6, 6.07) is 9.51. The van der Waals surface area contributed by atoms with Crippen LogP contribution in [0.25, 0.3) is 11.4 Å². The quantitative estimate of drug-likeness (QED) is 0.659. The molecule has 1 atom stereocenters. The Hall–Kier alpha value is -2.49. The maximum Gasteiger partial charge on any atom is 0.277 e. The van der Waals surface area contributed by atoms with Crippen molar-refractivity contribution in [3.8, 4) is 17.1 Å². The Kier molecular flexibility index (Phi) is 6.61. The van der Waals surface area contributed by atoms with E-state index in [4.69, 9.17) is 4.74 Å². The highest BCUT2D eigenvalue weighted by Gasteiger charge is 2.18. The van der Waals surface area contributed by atoms with Crippen LogP contribution in [0, 0.1) is 0 Å². The second kappa shape index (κ2) is 9.13. The first kappa shape index (κ1) is 20.2. The van der Waals surface area contributed by atoms with Gasteiger partial charge < -0.3 is 10.1 Å². The molecular formula is C18H21ClN6O2S. The third-order valence-corrected chi connectivity index (χ3v) is 5.09. The van der Waals surface area contributed by atoms with E-state index in [1.54, 1.807) is 13.2 Å². The number of amides is 1. The van der Waals surface area contributed by atoms with Gasteiger partial charge in [0.1, 0.15) is 5.75 Å². The molecule has 1 unspecified atom stereocenters. The Balaban J connectivity index is 0.00000225. The van der Waals surface area contributed by atoms with Crippen LogP contribution in [0.3, 0.4) is 0 Å².